The third-order valence-electron chi connectivity index (χ3n) is 5.98. The van der Waals surface area contributed by atoms with Gasteiger partial charge < -0.3 is 15.0 Å². The summed E-state index contributed by atoms with van der Waals surface area (Å²) in [6.07, 6.45) is -3.13. The number of hydrogen-bond acceptors (Lipinski definition) is 7. The Kier molecular flexibility index (Phi) is 14.0. The smallest absolute Gasteiger partial charge is 0.416 e. The van der Waals surface area contributed by atoms with Gasteiger partial charge in [-0.1, -0.05) is 0 Å². The number of piperazine rings is 1. The van der Waals surface area contributed by atoms with E-state index < -0.39 is 17.6 Å². The van der Waals surface area contributed by atoms with Crippen LogP contribution in [0.3, 0.4) is 0 Å². The van der Waals surface area contributed by atoms with Crippen molar-refractivity contribution in [1.82, 2.24) is 20.2 Å². The quantitative estimate of drug-likeness (QED) is 0.199. The lowest BCUT2D eigenvalue weighted by atomic mass is 10.1. The molecule has 0 aliphatic carbocycles. The number of nitrogens with zero attached hydrogens (tertiary/aromatic N) is 3. The molecular formula is C26H28Cl3F3N6O4. The number of hydrogen-bond donors (Lipinski definition) is 3. The molecule has 3 amide bonds. The fraction of sp³-hybridized carbons (Fsp3) is 0.231. The van der Waals surface area contributed by atoms with Gasteiger partial charge in [0, 0.05) is 43.4 Å². The van der Waals surface area contributed by atoms with Crippen LogP contribution >= 0.6 is 37.2 Å². The van der Waals surface area contributed by atoms with Crippen molar-refractivity contribution in [3.8, 4) is 11.6 Å². The first kappa shape index (κ1) is 36.4. The topological polar surface area (TPSA) is 130 Å². The van der Waals surface area contributed by atoms with E-state index in [0.29, 0.717) is 43.2 Å². The van der Waals surface area contributed by atoms with Crippen LogP contribution < -0.4 is 21.3 Å². The lowest BCUT2D eigenvalue weighted by molar-refractivity contribution is -0.137. The molecule has 0 radical (unpaired) electrons. The van der Waals surface area contributed by atoms with Gasteiger partial charge in [0.2, 0.25) is 11.8 Å². The molecule has 1 fully saturated rings. The van der Waals surface area contributed by atoms with Gasteiger partial charge in [0.1, 0.15) is 5.75 Å². The number of carbonyl (C=O) groups excluding carboxylic acids is 3. The minimum absolute atomic E-state index is 0. The largest absolute Gasteiger partial charge is 0.439 e. The molecule has 4 rings (SSSR count). The SMILES string of the molecule is Cl.Cl.Cl.NNC(=O)CN1CCN(C(=O)c2ccc(Oc3ccc(NC(=O)c4ccc(C(F)(F)F)cc4)cn3)cc2)CC1. The first-order valence-corrected chi connectivity index (χ1v) is 11.9. The second-order valence-electron chi connectivity index (χ2n) is 8.68. The van der Waals surface area contributed by atoms with Crippen LogP contribution in [0.25, 0.3) is 0 Å². The Labute approximate surface area is 258 Å². The van der Waals surface area contributed by atoms with Crippen LogP contribution in [0.5, 0.6) is 11.6 Å². The number of halogens is 6. The van der Waals surface area contributed by atoms with Crippen molar-refractivity contribution in [2.24, 2.45) is 5.84 Å². The second kappa shape index (κ2) is 16.1. The van der Waals surface area contributed by atoms with Crippen molar-refractivity contribution in [3.05, 3.63) is 83.6 Å². The molecule has 1 saturated heterocycles. The number of hydrazine groups is 1. The first-order valence-electron chi connectivity index (χ1n) is 11.9. The van der Waals surface area contributed by atoms with Gasteiger partial charge in [0.15, 0.2) is 0 Å². The Morgan fingerprint density at radius 1 is 0.857 bits per heavy atom. The van der Waals surface area contributed by atoms with E-state index in [2.05, 4.69) is 15.7 Å². The molecule has 0 bridgehead atoms. The van der Waals surface area contributed by atoms with E-state index in [0.717, 1.165) is 24.3 Å². The zero-order chi connectivity index (χ0) is 28.0. The zero-order valence-corrected chi connectivity index (χ0v) is 24.2. The summed E-state index contributed by atoms with van der Waals surface area (Å²) in [5, 5.41) is 2.56. The predicted molar refractivity (Wildman–Crippen MR) is 157 cm³/mol. The van der Waals surface area contributed by atoms with E-state index in [-0.39, 0.29) is 67.0 Å². The van der Waals surface area contributed by atoms with Crippen LogP contribution in [-0.2, 0) is 11.0 Å². The summed E-state index contributed by atoms with van der Waals surface area (Å²) in [7, 11) is 0. The second-order valence-corrected chi connectivity index (χ2v) is 8.68. The molecule has 2 heterocycles. The normalized spacial score (nSPS) is 13.0. The number of anilines is 1. The summed E-state index contributed by atoms with van der Waals surface area (Å²) in [5.41, 5.74) is 2.14. The molecular weight excluding hydrogens is 624 g/mol. The number of amides is 3. The minimum atomic E-state index is -4.48. The Morgan fingerprint density at radius 3 is 1.98 bits per heavy atom. The number of alkyl halides is 3. The van der Waals surface area contributed by atoms with Gasteiger partial charge in [-0.25, -0.2) is 10.8 Å². The van der Waals surface area contributed by atoms with Crippen LogP contribution in [0.15, 0.2) is 66.9 Å². The number of pyridine rings is 1. The molecule has 228 valence electrons. The van der Waals surface area contributed by atoms with Gasteiger partial charge in [-0.3, -0.25) is 24.7 Å². The van der Waals surface area contributed by atoms with Crippen molar-refractivity contribution >= 4 is 60.6 Å². The predicted octanol–water partition coefficient (Wildman–Crippen LogP) is 4.16. The Bertz CT molecular complexity index is 1320. The lowest BCUT2D eigenvalue weighted by Gasteiger charge is -2.34. The number of ether oxygens (including phenoxy) is 1. The van der Waals surface area contributed by atoms with Gasteiger partial charge in [-0.05, 0) is 54.6 Å². The summed E-state index contributed by atoms with van der Waals surface area (Å²) in [4.78, 5) is 44.3. The summed E-state index contributed by atoms with van der Waals surface area (Å²) in [6, 6.07) is 13.5. The zero-order valence-electron chi connectivity index (χ0n) is 21.8. The standard InChI is InChI=1S/C26H25F3N6O4.3ClH/c27-26(28,29)19-5-1-17(2-6-19)24(37)32-20-7-10-23(31-15-20)39-21-8-3-18(4-9-21)25(38)35-13-11-34(12-14-35)16-22(36)33-30;;;/h1-10,15H,11-14,16,30H2,(H,32,37)(H,33,36);3*1H. The third-order valence-corrected chi connectivity index (χ3v) is 5.98. The summed E-state index contributed by atoms with van der Waals surface area (Å²) in [6.45, 7) is 2.28. The highest BCUT2D eigenvalue weighted by atomic mass is 35.5. The molecule has 42 heavy (non-hydrogen) atoms. The monoisotopic (exact) mass is 650 g/mol. The van der Waals surface area contributed by atoms with Gasteiger partial charge in [-0.2, -0.15) is 13.2 Å². The Balaban J connectivity index is 0.00000294. The molecule has 3 aromatic rings. The number of aromatic nitrogens is 1. The van der Waals surface area contributed by atoms with Gasteiger partial charge in [-0.15, -0.1) is 37.2 Å². The van der Waals surface area contributed by atoms with E-state index in [4.69, 9.17) is 10.6 Å². The number of benzene rings is 2. The summed E-state index contributed by atoms with van der Waals surface area (Å²) < 4.78 is 43.8. The molecule has 4 N–H and O–H groups in total. The number of carbonyl (C=O) groups is 3. The van der Waals surface area contributed by atoms with Gasteiger partial charge in [0.05, 0.1) is 24.0 Å². The number of nitrogens with two attached hydrogens (primary N) is 1. The van der Waals surface area contributed by atoms with Gasteiger partial charge >= 0.3 is 6.18 Å². The molecule has 1 aromatic heterocycles. The Hall–Kier alpha value is -3.62. The molecule has 10 nitrogen and oxygen atoms in total. The van der Waals surface area contributed by atoms with Crippen LogP contribution in [0.1, 0.15) is 26.3 Å². The lowest BCUT2D eigenvalue weighted by Crippen LogP contribution is -2.51. The number of rotatable bonds is 7. The highest BCUT2D eigenvalue weighted by Gasteiger charge is 2.30. The van der Waals surface area contributed by atoms with Crippen molar-refractivity contribution < 1.29 is 32.3 Å². The van der Waals surface area contributed by atoms with E-state index in [1.165, 1.54) is 12.3 Å². The van der Waals surface area contributed by atoms with Crippen molar-refractivity contribution in [3.63, 3.8) is 0 Å². The first-order chi connectivity index (χ1) is 18.6. The van der Waals surface area contributed by atoms with E-state index in [9.17, 15) is 27.6 Å². The van der Waals surface area contributed by atoms with Crippen LogP contribution in [-0.4, -0.2) is 65.2 Å². The Morgan fingerprint density at radius 2 is 1.45 bits per heavy atom. The summed E-state index contributed by atoms with van der Waals surface area (Å²) in [5.74, 6) is 4.80. The van der Waals surface area contributed by atoms with Crippen LogP contribution in [0.2, 0.25) is 0 Å². The molecule has 16 heteroatoms. The maximum atomic E-state index is 12.8. The molecule has 0 atom stereocenters. The fourth-order valence-corrected chi connectivity index (χ4v) is 3.86. The van der Waals surface area contributed by atoms with Crippen molar-refractivity contribution in [2.75, 3.05) is 38.0 Å². The fourth-order valence-electron chi connectivity index (χ4n) is 3.86. The van der Waals surface area contributed by atoms with Crippen molar-refractivity contribution in [1.29, 1.82) is 0 Å². The molecule has 1 aliphatic rings. The van der Waals surface area contributed by atoms with E-state index >= 15 is 0 Å². The maximum absolute atomic E-state index is 12.8. The number of nitrogens with one attached hydrogen (secondary N) is 2. The molecule has 0 spiro atoms. The highest BCUT2D eigenvalue weighted by molar-refractivity contribution is 6.04. The third kappa shape index (κ3) is 9.74. The minimum Gasteiger partial charge on any atom is -0.439 e. The van der Waals surface area contributed by atoms with Crippen LogP contribution in [0, 0.1) is 0 Å². The van der Waals surface area contributed by atoms with Crippen LogP contribution in [0.4, 0.5) is 18.9 Å². The van der Waals surface area contributed by atoms with Crippen molar-refractivity contribution in [2.45, 2.75) is 6.18 Å². The average molecular weight is 652 g/mol. The summed E-state index contributed by atoms with van der Waals surface area (Å²) >= 11 is 0. The maximum Gasteiger partial charge on any atom is 0.416 e. The molecule has 0 saturated carbocycles. The highest BCUT2D eigenvalue weighted by Crippen LogP contribution is 2.29. The van der Waals surface area contributed by atoms with E-state index in [1.54, 1.807) is 35.2 Å². The molecule has 1 aliphatic heterocycles. The molecule has 2 aromatic carbocycles. The van der Waals surface area contributed by atoms with Gasteiger partial charge in [0.25, 0.3) is 11.8 Å². The molecule has 0 unspecified atom stereocenters. The average Bonchev–Trinajstić information content (AvgIpc) is 2.94. The van der Waals surface area contributed by atoms with E-state index in [1.807, 2.05) is 4.90 Å².